The van der Waals surface area contributed by atoms with Gasteiger partial charge in [0.25, 0.3) is 11.6 Å². The molecule has 2 aromatic rings. The Morgan fingerprint density at radius 2 is 2.14 bits per heavy atom. The van der Waals surface area contributed by atoms with Crippen molar-refractivity contribution < 1.29 is 9.72 Å². The molecular formula is C19H22BrN5O3. The molecule has 1 amide bonds. The van der Waals surface area contributed by atoms with Crippen LogP contribution < -0.4 is 10.6 Å². The van der Waals surface area contributed by atoms with E-state index in [0.29, 0.717) is 28.8 Å². The molecule has 0 radical (unpaired) electrons. The Balaban J connectivity index is 1.77. The number of nitro benzene ring substituents is 1. The summed E-state index contributed by atoms with van der Waals surface area (Å²) in [5, 5.41) is 17.7. The minimum atomic E-state index is -0.388. The van der Waals surface area contributed by atoms with Crippen molar-refractivity contribution in [2.75, 3.05) is 30.8 Å². The van der Waals surface area contributed by atoms with Gasteiger partial charge >= 0.3 is 0 Å². The Bertz CT molecular complexity index is 905. The molecule has 1 aromatic heterocycles. The highest BCUT2D eigenvalue weighted by Gasteiger charge is 2.27. The average Bonchev–Trinajstić information content (AvgIpc) is 2.69. The van der Waals surface area contributed by atoms with Gasteiger partial charge < -0.3 is 15.5 Å². The lowest BCUT2D eigenvalue weighted by Gasteiger charge is -2.34. The number of nitrogens with one attached hydrogen (secondary N) is 2. The third-order valence-electron chi connectivity index (χ3n) is 4.81. The summed E-state index contributed by atoms with van der Waals surface area (Å²) in [6.45, 7) is 2.97. The molecule has 9 heteroatoms. The Kier molecular flexibility index (Phi) is 6.13. The predicted octanol–water partition coefficient (Wildman–Crippen LogP) is 3.82. The monoisotopic (exact) mass is 447 g/mol. The molecule has 1 atom stereocenters. The van der Waals surface area contributed by atoms with Crippen molar-refractivity contribution in [1.29, 1.82) is 0 Å². The number of pyridine rings is 1. The number of piperidine rings is 1. The Hall–Kier alpha value is -2.68. The fourth-order valence-electron chi connectivity index (χ4n) is 3.42. The number of nitrogens with zero attached hydrogens (tertiary/aromatic N) is 3. The smallest absolute Gasteiger partial charge is 0.293 e. The summed E-state index contributed by atoms with van der Waals surface area (Å²) in [7, 11) is 1.78. The van der Waals surface area contributed by atoms with Crippen molar-refractivity contribution in [2.24, 2.45) is 0 Å². The van der Waals surface area contributed by atoms with Gasteiger partial charge in [0.1, 0.15) is 5.69 Å². The molecule has 1 unspecified atom stereocenters. The molecular weight excluding hydrogens is 426 g/mol. The quantitative estimate of drug-likeness (QED) is 0.533. The number of nitro groups is 1. The average molecular weight is 448 g/mol. The second-order valence-electron chi connectivity index (χ2n) is 6.82. The first-order chi connectivity index (χ1) is 13.4. The molecule has 1 fully saturated rings. The molecule has 8 nitrogen and oxygen atoms in total. The van der Waals surface area contributed by atoms with E-state index in [1.54, 1.807) is 30.4 Å². The van der Waals surface area contributed by atoms with E-state index in [4.69, 9.17) is 0 Å². The van der Waals surface area contributed by atoms with E-state index < -0.39 is 0 Å². The van der Waals surface area contributed by atoms with Crippen LogP contribution in [0.15, 0.2) is 35.1 Å². The molecule has 0 bridgehead atoms. The largest absolute Gasteiger partial charge is 0.387 e. The SMILES string of the molecule is CNc1cncc(C(=O)N2CCCC(Nc3c(C)cc(Br)cc3[N+](=O)[O-])C2)c1. The van der Waals surface area contributed by atoms with Crippen LogP contribution in [-0.4, -0.2) is 46.9 Å². The number of likely N-dealkylation sites (tertiary alicyclic amines) is 1. The number of aromatic nitrogens is 1. The first kappa shape index (κ1) is 20.1. The molecule has 1 aliphatic heterocycles. The summed E-state index contributed by atoms with van der Waals surface area (Å²) in [5.74, 6) is -0.0851. The lowest BCUT2D eigenvalue weighted by atomic mass is 10.0. The van der Waals surface area contributed by atoms with Gasteiger partial charge in [0, 0.05) is 49.1 Å². The lowest BCUT2D eigenvalue weighted by Crippen LogP contribution is -2.45. The molecule has 28 heavy (non-hydrogen) atoms. The molecule has 0 spiro atoms. The van der Waals surface area contributed by atoms with Crippen LogP contribution in [0.3, 0.4) is 0 Å². The second kappa shape index (κ2) is 8.55. The van der Waals surface area contributed by atoms with Gasteiger partial charge in [0.15, 0.2) is 0 Å². The Morgan fingerprint density at radius 1 is 1.36 bits per heavy atom. The van der Waals surface area contributed by atoms with Crippen molar-refractivity contribution in [2.45, 2.75) is 25.8 Å². The zero-order valence-electron chi connectivity index (χ0n) is 15.7. The second-order valence-corrected chi connectivity index (χ2v) is 7.74. The Labute approximate surface area is 171 Å². The third kappa shape index (κ3) is 4.41. The summed E-state index contributed by atoms with van der Waals surface area (Å²) in [4.78, 5) is 29.8. The van der Waals surface area contributed by atoms with Gasteiger partial charge in [0.05, 0.1) is 16.2 Å². The van der Waals surface area contributed by atoms with Crippen LogP contribution in [-0.2, 0) is 0 Å². The van der Waals surface area contributed by atoms with Crippen LogP contribution in [0.2, 0.25) is 0 Å². The molecule has 3 rings (SSSR count). The first-order valence-electron chi connectivity index (χ1n) is 9.02. The fourth-order valence-corrected chi connectivity index (χ4v) is 3.98. The minimum absolute atomic E-state index is 0.0289. The first-order valence-corrected chi connectivity index (χ1v) is 9.81. The predicted molar refractivity (Wildman–Crippen MR) is 112 cm³/mol. The maximum atomic E-state index is 12.9. The van der Waals surface area contributed by atoms with E-state index in [1.807, 2.05) is 13.0 Å². The maximum absolute atomic E-state index is 12.9. The summed E-state index contributed by atoms with van der Waals surface area (Å²) < 4.78 is 0.666. The number of hydrogen-bond donors (Lipinski definition) is 2. The zero-order valence-corrected chi connectivity index (χ0v) is 17.3. The number of anilines is 2. The molecule has 148 valence electrons. The van der Waals surface area contributed by atoms with Gasteiger partial charge in [-0.15, -0.1) is 0 Å². The van der Waals surface area contributed by atoms with Crippen LogP contribution >= 0.6 is 15.9 Å². The summed E-state index contributed by atoms with van der Waals surface area (Å²) in [6, 6.07) is 5.05. The van der Waals surface area contributed by atoms with Crippen LogP contribution in [0, 0.1) is 17.0 Å². The van der Waals surface area contributed by atoms with Gasteiger partial charge in [-0.05, 0) is 37.5 Å². The minimum Gasteiger partial charge on any atom is -0.387 e. The van der Waals surface area contributed by atoms with E-state index in [-0.39, 0.29) is 22.6 Å². The van der Waals surface area contributed by atoms with Crippen LogP contribution in [0.4, 0.5) is 17.1 Å². The number of hydrogen-bond acceptors (Lipinski definition) is 6. The van der Waals surface area contributed by atoms with E-state index >= 15 is 0 Å². The van der Waals surface area contributed by atoms with Gasteiger partial charge in [-0.3, -0.25) is 19.9 Å². The van der Waals surface area contributed by atoms with Gasteiger partial charge in [-0.25, -0.2) is 0 Å². The van der Waals surface area contributed by atoms with Crippen LogP contribution in [0.1, 0.15) is 28.8 Å². The van der Waals surface area contributed by atoms with Gasteiger partial charge in [-0.2, -0.15) is 0 Å². The van der Waals surface area contributed by atoms with Crippen molar-refractivity contribution in [1.82, 2.24) is 9.88 Å². The topological polar surface area (TPSA) is 100 Å². The van der Waals surface area contributed by atoms with Crippen LogP contribution in [0.5, 0.6) is 0 Å². The summed E-state index contributed by atoms with van der Waals surface area (Å²) >= 11 is 3.31. The highest BCUT2D eigenvalue weighted by molar-refractivity contribution is 9.10. The van der Waals surface area contributed by atoms with Crippen molar-refractivity contribution >= 4 is 38.9 Å². The lowest BCUT2D eigenvalue weighted by molar-refractivity contribution is -0.384. The number of carbonyl (C=O) groups is 1. The third-order valence-corrected chi connectivity index (χ3v) is 5.26. The maximum Gasteiger partial charge on any atom is 0.293 e. The number of rotatable bonds is 5. The summed E-state index contributed by atoms with van der Waals surface area (Å²) in [6.07, 6.45) is 4.88. The standard InChI is InChI=1S/C19H22BrN5O3/c1-12-6-14(20)8-17(25(27)28)18(12)23-15-4-3-5-24(11-15)19(26)13-7-16(21-2)10-22-9-13/h6-10,15,21,23H,3-5,11H2,1-2H3. The number of aryl methyl sites for hydroxylation is 1. The molecule has 1 aliphatic rings. The number of benzene rings is 1. The van der Waals surface area contributed by atoms with Crippen LogP contribution in [0.25, 0.3) is 0 Å². The normalized spacial score (nSPS) is 16.5. The van der Waals surface area contributed by atoms with E-state index in [2.05, 4.69) is 31.5 Å². The summed E-state index contributed by atoms with van der Waals surface area (Å²) in [5.41, 5.74) is 2.62. The van der Waals surface area contributed by atoms with Crippen molar-refractivity contribution in [3.8, 4) is 0 Å². The fraction of sp³-hybridized carbons (Fsp3) is 0.368. The van der Waals surface area contributed by atoms with Gasteiger partial charge in [0.2, 0.25) is 0 Å². The molecule has 1 aromatic carbocycles. The van der Waals surface area contributed by atoms with Crippen molar-refractivity contribution in [3.63, 3.8) is 0 Å². The molecule has 2 heterocycles. The number of amides is 1. The molecule has 0 saturated carbocycles. The van der Waals surface area contributed by atoms with Crippen molar-refractivity contribution in [3.05, 3.63) is 56.3 Å². The number of halogens is 1. The molecule has 0 aliphatic carbocycles. The Morgan fingerprint density at radius 3 is 2.86 bits per heavy atom. The number of carbonyl (C=O) groups excluding carboxylic acids is 1. The zero-order chi connectivity index (χ0) is 20.3. The molecule has 1 saturated heterocycles. The highest BCUT2D eigenvalue weighted by atomic mass is 79.9. The highest BCUT2D eigenvalue weighted by Crippen LogP contribution is 2.33. The van der Waals surface area contributed by atoms with Gasteiger partial charge in [-0.1, -0.05) is 15.9 Å². The van der Waals surface area contributed by atoms with E-state index in [1.165, 1.54) is 6.07 Å². The van der Waals surface area contributed by atoms with E-state index in [0.717, 1.165) is 24.1 Å². The molecule has 2 N–H and O–H groups in total. The van der Waals surface area contributed by atoms with E-state index in [9.17, 15) is 14.9 Å².